The van der Waals surface area contributed by atoms with Crippen molar-refractivity contribution in [1.82, 2.24) is 24.6 Å². The zero-order chi connectivity index (χ0) is 15.8. The third-order valence-electron chi connectivity index (χ3n) is 2.80. The molecule has 0 aliphatic carbocycles. The van der Waals surface area contributed by atoms with Gasteiger partial charge in [-0.2, -0.15) is 5.10 Å². The highest BCUT2D eigenvalue weighted by molar-refractivity contribution is 6.29. The molecule has 0 fully saturated rings. The fraction of sp³-hybridized carbons (Fsp3) is 0.429. The molecule has 1 amide bonds. The summed E-state index contributed by atoms with van der Waals surface area (Å²) in [6.45, 7) is 6.02. The third-order valence-corrected chi connectivity index (χ3v) is 2.99. The Morgan fingerprint density at radius 3 is 2.52 bits per heavy atom. The zero-order valence-electron chi connectivity index (χ0n) is 12.8. The van der Waals surface area contributed by atoms with E-state index < -0.39 is 0 Å². The molecule has 6 nitrogen and oxygen atoms in total. The molecule has 0 saturated heterocycles. The summed E-state index contributed by atoms with van der Waals surface area (Å²) in [7, 11) is 3.36. The van der Waals surface area contributed by atoms with E-state index in [1.807, 2.05) is 20.8 Å². The fourth-order valence-corrected chi connectivity index (χ4v) is 1.83. The Labute approximate surface area is 128 Å². The molecule has 2 aromatic rings. The van der Waals surface area contributed by atoms with Crippen LogP contribution in [0.5, 0.6) is 0 Å². The van der Waals surface area contributed by atoms with Crippen LogP contribution in [-0.4, -0.2) is 44.7 Å². The molecular weight excluding hydrogens is 290 g/mol. The van der Waals surface area contributed by atoms with Crippen LogP contribution in [0.4, 0.5) is 0 Å². The van der Waals surface area contributed by atoms with Crippen molar-refractivity contribution in [3.05, 3.63) is 35.0 Å². The van der Waals surface area contributed by atoms with Gasteiger partial charge in [0.2, 0.25) is 0 Å². The Morgan fingerprint density at radius 1 is 1.29 bits per heavy atom. The minimum atomic E-state index is -0.227. The van der Waals surface area contributed by atoms with E-state index in [0.717, 1.165) is 0 Å². The molecule has 2 heterocycles. The standard InChI is InChI=1S/C14H18ClN5O/c1-14(2,3)13-16-10(15)8-11(17-13)20-7-6-9(18-20)12(21)19(4)5/h6-8H,1-5H3. The summed E-state index contributed by atoms with van der Waals surface area (Å²) < 4.78 is 1.53. The van der Waals surface area contributed by atoms with Gasteiger partial charge in [-0.25, -0.2) is 14.6 Å². The zero-order valence-corrected chi connectivity index (χ0v) is 13.5. The molecule has 0 aliphatic rings. The van der Waals surface area contributed by atoms with Gasteiger partial charge in [-0.15, -0.1) is 0 Å². The Bertz CT molecular complexity index is 672. The van der Waals surface area contributed by atoms with Gasteiger partial charge in [-0.3, -0.25) is 4.79 Å². The Morgan fingerprint density at radius 2 is 1.95 bits per heavy atom. The van der Waals surface area contributed by atoms with Gasteiger partial charge in [-0.1, -0.05) is 32.4 Å². The van der Waals surface area contributed by atoms with Gasteiger partial charge < -0.3 is 4.90 Å². The van der Waals surface area contributed by atoms with Crippen LogP contribution in [0.2, 0.25) is 5.15 Å². The van der Waals surface area contributed by atoms with Gasteiger partial charge in [-0.05, 0) is 6.07 Å². The average molecular weight is 308 g/mol. The van der Waals surface area contributed by atoms with Gasteiger partial charge in [0.15, 0.2) is 11.5 Å². The first-order chi connectivity index (χ1) is 9.68. The number of carbonyl (C=O) groups is 1. The predicted molar refractivity (Wildman–Crippen MR) is 80.9 cm³/mol. The molecule has 0 atom stereocenters. The highest BCUT2D eigenvalue weighted by Gasteiger charge is 2.20. The van der Waals surface area contributed by atoms with E-state index in [-0.39, 0.29) is 11.3 Å². The first kappa shape index (κ1) is 15.4. The number of aromatic nitrogens is 4. The first-order valence-corrected chi connectivity index (χ1v) is 6.89. The molecule has 0 aromatic carbocycles. The molecule has 0 bridgehead atoms. The third kappa shape index (κ3) is 3.39. The summed E-state index contributed by atoms with van der Waals surface area (Å²) in [4.78, 5) is 22.1. The smallest absolute Gasteiger partial charge is 0.273 e. The number of hydrogen-bond donors (Lipinski definition) is 0. The van der Waals surface area contributed by atoms with E-state index in [1.165, 1.54) is 9.58 Å². The molecule has 112 valence electrons. The molecule has 0 spiro atoms. The molecule has 2 rings (SSSR count). The maximum atomic E-state index is 11.9. The van der Waals surface area contributed by atoms with Crippen molar-refractivity contribution in [2.24, 2.45) is 0 Å². The van der Waals surface area contributed by atoms with Crippen LogP contribution >= 0.6 is 11.6 Å². The van der Waals surface area contributed by atoms with Gasteiger partial charge in [0, 0.05) is 31.8 Å². The summed E-state index contributed by atoms with van der Waals surface area (Å²) in [6, 6.07) is 3.27. The second-order valence-corrected chi connectivity index (χ2v) is 6.35. The lowest BCUT2D eigenvalue weighted by Crippen LogP contribution is -2.22. The van der Waals surface area contributed by atoms with Crippen molar-refractivity contribution in [1.29, 1.82) is 0 Å². The monoisotopic (exact) mass is 307 g/mol. The molecule has 7 heteroatoms. The fourth-order valence-electron chi connectivity index (χ4n) is 1.65. The van der Waals surface area contributed by atoms with Crippen molar-refractivity contribution in [2.45, 2.75) is 26.2 Å². The maximum absolute atomic E-state index is 11.9. The average Bonchev–Trinajstić information content (AvgIpc) is 2.85. The van der Waals surface area contributed by atoms with Gasteiger partial charge in [0.05, 0.1) is 0 Å². The van der Waals surface area contributed by atoms with E-state index in [1.54, 1.807) is 32.4 Å². The predicted octanol–water partition coefficient (Wildman–Crippen LogP) is 2.32. The van der Waals surface area contributed by atoms with Crippen molar-refractivity contribution < 1.29 is 4.79 Å². The largest absolute Gasteiger partial charge is 0.343 e. The van der Waals surface area contributed by atoms with Crippen molar-refractivity contribution >= 4 is 17.5 Å². The molecule has 21 heavy (non-hydrogen) atoms. The van der Waals surface area contributed by atoms with E-state index in [4.69, 9.17) is 11.6 Å². The second kappa shape index (κ2) is 5.44. The van der Waals surface area contributed by atoms with Gasteiger partial charge in [0.1, 0.15) is 11.0 Å². The van der Waals surface area contributed by atoms with E-state index in [2.05, 4.69) is 15.1 Å². The minimum absolute atomic E-state index is 0.162. The lowest BCUT2D eigenvalue weighted by atomic mass is 9.96. The van der Waals surface area contributed by atoms with Crippen LogP contribution in [0.15, 0.2) is 18.3 Å². The van der Waals surface area contributed by atoms with Crippen LogP contribution in [-0.2, 0) is 5.41 Å². The minimum Gasteiger partial charge on any atom is -0.343 e. The summed E-state index contributed by atoms with van der Waals surface area (Å²) in [6.07, 6.45) is 1.68. The van der Waals surface area contributed by atoms with Crippen molar-refractivity contribution in [3.63, 3.8) is 0 Å². The lowest BCUT2D eigenvalue weighted by Gasteiger charge is -2.17. The van der Waals surface area contributed by atoms with Crippen LogP contribution in [0.1, 0.15) is 37.1 Å². The number of halogens is 1. The van der Waals surface area contributed by atoms with Gasteiger partial charge >= 0.3 is 0 Å². The molecule has 2 aromatic heterocycles. The molecular formula is C14H18ClN5O. The van der Waals surface area contributed by atoms with Crippen LogP contribution in [0.25, 0.3) is 5.82 Å². The normalized spacial score (nSPS) is 11.5. The Hall–Kier alpha value is -1.95. The summed E-state index contributed by atoms with van der Waals surface area (Å²) >= 11 is 6.06. The quantitative estimate of drug-likeness (QED) is 0.799. The van der Waals surface area contributed by atoms with Crippen molar-refractivity contribution in [2.75, 3.05) is 14.1 Å². The summed E-state index contributed by atoms with van der Waals surface area (Å²) in [5.74, 6) is 1.00. The number of hydrogen-bond acceptors (Lipinski definition) is 4. The number of rotatable bonds is 2. The number of carbonyl (C=O) groups excluding carboxylic acids is 1. The van der Waals surface area contributed by atoms with Crippen molar-refractivity contribution in [3.8, 4) is 5.82 Å². The van der Waals surface area contributed by atoms with E-state index >= 15 is 0 Å². The van der Waals surface area contributed by atoms with E-state index in [0.29, 0.717) is 22.5 Å². The highest BCUT2D eigenvalue weighted by Crippen LogP contribution is 2.21. The SMILES string of the molecule is CN(C)C(=O)c1ccn(-c2cc(Cl)nc(C(C)(C)C)n2)n1. The molecule has 0 aliphatic heterocycles. The van der Waals surface area contributed by atoms with Gasteiger partial charge in [0.25, 0.3) is 5.91 Å². The Kier molecular flexibility index (Phi) is 4.00. The molecule has 0 radical (unpaired) electrons. The second-order valence-electron chi connectivity index (χ2n) is 5.97. The Balaban J connectivity index is 2.43. The molecule has 0 saturated carbocycles. The first-order valence-electron chi connectivity index (χ1n) is 6.51. The van der Waals surface area contributed by atoms with Crippen LogP contribution < -0.4 is 0 Å². The molecule has 0 unspecified atom stereocenters. The molecule has 0 N–H and O–H groups in total. The van der Waals surface area contributed by atoms with Crippen LogP contribution in [0.3, 0.4) is 0 Å². The number of amides is 1. The lowest BCUT2D eigenvalue weighted by molar-refractivity contribution is 0.0821. The summed E-state index contributed by atoms with van der Waals surface area (Å²) in [5, 5.41) is 4.59. The highest BCUT2D eigenvalue weighted by atomic mass is 35.5. The number of nitrogens with zero attached hydrogens (tertiary/aromatic N) is 5. The van der Waals surface area contributed by atoms with E-state index in [9.17, 15) is 4.79 Å². The van der Waals surface area contributed by atoms with Crippen LogP contribution in [0, 0.1) is 0 Å². The topological polar surface area (TPSA) is 63.9 Å². The maximum Gasteiger partial charge on any atom is 0.273 e. The summed E-state index contributed by atoms with van der Waals surface area (Å²) in [5.41, 5.74) is 0.127.